The maximum atomic E-state index is 12.7. The highest BCUT2D eigenvalue weighted by molar-refractivity contribution is 5.84. The molecule has 0 bridgehead atoms. The molecule has 0 aromatic heterocycles. The summed E-state index contributed by atoms with van der Waals surface area (Å²) in [6, 6.07) is 7.65. The van der Waals surface area contributed by atoms with Crippen LogP contribution < -0.4 is 10.1 Å². The molecule has 0 saturated carbocycles. The predicted molar refractivity (Wildman–Crippen MR) is 93.6 cm³/mol. The van der Waals surface area contributed by atoms with Gasteiger partial charge in [0.15, 0.2) is 0 Å². The zero-order valence-electron chi connectivity index (χ0n) is 15.1. The topological polar surface area (TPSA) is 58.6 Å². The van der Waals surface area contributed by atoms with Gasteiger partial charge >= 0.3 is 0 Å². The average Bonchev–Trinajstić information content (AvgIpc) is 2.59. The van der Waals surface area contributed by atoms with Gasteiger partial charge in [0.2, 0.25) is 11.8 Å². The van der Waals surface area contributed by atoms with Crippen LogP contribution >= 0.6 is 0 Å². The minimum Gasteiger partial charge on any atom is -0.497 e. The predicted octanol–water partition coefficient (Wildman–Crippen LogP) is 2.60. The molecule has 5 heteroatoms. The number of nitrogens with one attached hydrogen (secondary N) is 1. The van der Waals surface area contributed by atoms with Crippen LogP contribution in [0.1, 0.15) is 39.2 Å². The SMILES string of the molecule is COc1ccc(CNC(=O)C2(C)CCCN(C(=O)C(C)C)C2)cc1. The van der Waals surface area contributed by atoms with Gasteiger partial charge in [0.1, 0.15) is 5.75 Å². The van der Waals surface area contributed by atoms with E-state index in [0.29, 0.717) is 13.1 Å². The quantitative estimate of drug-likeness (QED) is 0.902. The summed E-state index contributed by atoms with van der Waals surface area (Å²) in [5.74, 6) is 0.908. The summed E-state index contributed by atoms with van der Waals surface area (Å²) >= 11 is 0. The van der Waals surface area contributed by atoms with Crippen molar-refractivity contribution in [3.05, 3.63) is 29.8 Å². The third-order valence-electron chi connectivity index (χ3n) is 4.66. The van der Waals surface area contributed by atoms with E-state index in [4.69, 9.17) is 4.74 Å². The molecular weight excluding hydrogens is 304 g/mol. The zero-order chi connectivity index (χ0) is 17.7. The molecule has 1 aromatic carbocycles. The first-order chi connectivity index (χ1) is 11.4. The summed E-state index contributed by atoms with van der Waals surface area (Å²) in [6.45, 7) is 7.49. The fourth-order valence-corrected chi connectivity index (χ4v) is 3.12. The fraction of sp³-hybridized carbons (Fsp3) is 0.579. The number of nitrogens with zero attached hydrogens (tertiary/aromatic N) is 1. The number of benzene rings is 1. The molecule has 1 fully saturated rings. The lowest BCUT2D eigenvalue weighted by atomic mass is 9.80. The van der Waals surface area contributed by atoms with Crippen molar-refractivity contribution in [3.8, 4) is 5.75 Å². The third kappa shape index (κ3) is 4.28. The second-order valence-corrected chi connectivity index (χ2v) is 7.11. The van der Waals surface area contributed by atoms with Crippen LogP contribution in [0, 0.1) is 11.3 Å². The molecule has 24 heavy (non-hydrogen) atoms. The van der Waals surface area contributed by atoms with Crippen molar-refractivity contribution in [1.82, 2.24) is 10.2 Å². The first-order valence-electron chi connectivity index (χ1n) is 8.56. The third-order valence-corrected chi connectivity index (χ3v) is 4.66. The minimum atomic E-state index is -0.519. The van der Waals surface area contributed by atoms with Gasteiger partial charge in [-0.05, 0) is 37.5 Å². The van der Waals surface area contributed by atoms with Gasteiger partial charge in [-0.3, -0.25) is 9.59 Å². The van der Waals surface area contributed by atoms with Crippen molar-refractivity contribution in [3.63, 3.8) is 0 Å². The summed E-state index contributed by atoms with van der Waals surface area (Å²) in [6.07, 6.45) is 1.67. The lowest BCUT2D eigenvalue weighted by Gasteiger charge is -2.40. The molecule has 1 unspecified atom stereocenters. The van der Waals surface area contributed by atoms with Crippen molar-refractivity contribution >= 4 is 11.8 Å². The standard InChI is InChI=1S/C19H28N2O3/c1-14(2)17(22)21-11-5-10-19(3,13-21)18(23)20-12-15-6-8-16(24-4)9-7-15/h6-9,14H,5,10-13H2,1-4H3,(H,20,23). The summed E-state index contributed by atoms with van der Waals surface area (Å²) in [5.41, 5.74) is 0.508. The van der Waals surface area contributed by atoms with Gasteiger partial charge in [-0.2, -0.15) is 0 Å². The molecule has 2 amide bonds. The Morgan fingerprint density at radius 3 is 2.54 bits per heavy atom. The maximum absolute atomic E-state index is 12.7. The number of hydrogen-bond acceptors (Lipinski definition) is 3. The van der Waals surface area contributed by atoms with Crippen LogP contribution in [0.25, 0.3) is 0 Å². The molecule has 1 N–H and O–H groups in total. The summed E-state index contributed by atoms with van der Waals surface area (Å²) < 4.78 is 5.13. The molecular formula is C19H28N2O3. The number of hydrogen-bond donors (Lipinski definition) is 1. The maximum Gasteiger partial charge on any atom is 0.227 e. The van der Waals surface area contributed by atoms with E-state index in [9.17, 15) is 9.59 Å². The monoisotopic (exact) mass is 332 g/mol. The number of carbonyl (C=O) groups excluding carboxylic acids is 2. The lowest BCUT2D eigenvalue weighted by molar-refractivity contribution is -0.142. The van der Waals surface area contributed by atoms with Crippen molar-refractivity contribution in [2.45, 2.75) is 40.2 Å². The van der Waals surface area contributed by atoms with Crippen molar-refractivity contribution in [2.75, 3.05) is 20.2 Å². The van der Waals surface area contributed by atoms with E-state index in [2.05, 4.69) is 5.32 Å². The molecule has 1 aromatic rings. The summed E-state index contributed by atoms with van der Waals surface area (Å²) in [7, 11) is 1.63. The van der Waals surface area contributed by atoms with Crippen LogP contribution in [0.5, 0.6) is 5.75 Å². The molecule has 5 nitrogen and oxygen atoms in total. The van der Waals surface area contributed by atoms with Crippen LogP contribution in [0.4, 0.5) is 0 Å². The molecule has 2 rings (SSSR count). The number of carbonyl (C=O) groups is 2. The molecule has 0 spiro atoms. The van der Waals surface area contributed by atoms with E-state index in [1.807, 2.05) is 49.9 Å². The molecule has 1 aliphatic heterocycles. The van der Waals surface area contributed by atoms with Gasteiger partial charge < -0.3 is 15.0 Å². The van der Waals surface area contributed by atoms with Crippen LogP contribution in [0.15, 0.2) is 24.3 Å². The van der Waals surface area contributed by atoms with Crippen molar-refractivity contribution < 1.29 is 14.3 Å². The van der Waals surface area contributed by atoms with Crippen LogP contribution in [-0.4, -0.2) is 36.9 Å². The van der Waals surface area contributed by atoms with Crippen molar-refractivity contribution in [1.29, 1.82) is 0 Å². The molecule has 1 aliphatic rings. The number of piperidine rings is 1. The van der Waals surface area contributed by atoms with E-state index < -0.39 is 5.41 Å². The normalized spacial score (nSPS) is 20.8. The Hall–Kier alpha value is -2.04. The first kappa shape index (κ1) is 18.3. The minimum absolute atomic E-state index is 0.0135. The van der Waals surface area contributed by atoms with Gasteiger partial charge in [0.25, 0.3) is 0 Å². The Labute approximate surface area is 144 Å². The van der Waals surface area contributed by atoms with Crippen LogP contribution in [-0.2, 0) is 16.1 Å². The summed E-state index contributed by atoms with van der Waals surface area (Å²) in [4.78, 5) is 26.7. The smallest absolute Gasteiger partial charge is 0.227 e. The molecule has 1 atom stereocenters. The second kappa shape index (κ2) is 7.69. The van der Waals surface area contributed by atoms with E-state index in [1.54, 1.807) is 7.11 Å². The van der Waals surface area contributed by atoms with E-state index in [-0.39, 0.29) is 17.7 Å². The number of methoxy groups -OCH3 is 1. The second-order valence-electron chi connectivity index (χ2n) is 7.11. The van der Waals surface area contributed by atoms with Gasteiger partial charge in [0, 0.05) is 25.6 Å². The molecule has 132 valence electrons. The van der Waals surface area contributed by atoms with E-state index in [0.717, 1.165) is 30.7 Å². The highest BCUT2D eigenvalue weighted by Gasteiger charge is 2.39. The molecule has 1 heterocycles. The summed E-state index contributed by atoms with van der Waals surface area (Å²) in [5, 5.41) is 3.02. The van der Waals surface area contributed by atoms with Crippen LogP contribution in [0.3, 0.4) is 0 Å². The number of rotatable bonds is 5. The Morgan fingerprint density at radius 2 is 1.96 bits per heavy atom. The van der Waals surface area contributed by atoms with E-state index in [1.165, 1.54) is 0 Å². The fourth-order valence-electron chi connectivity index (χ4n) is 3.12. The van der Waals surface area contributed by atoms with Gasteiger partial charge in [0.05, 0.1) is 12.5 Å². The Kier molecular flexibility index (Phi) is 5.86. The highest BCUT2D eigenvalue weighted by Crippen LogP contribution is 2.30. The lowest BCUT2D eigenvalue weighted by Crippen LogP contribution is -2.52. The average molecular weight is 332 g/mol. The number of ether oxygens (including phenoxy) is 1. The molecule has 0 aliphatic carbocycles. The largest absolute Gasteiger partial charge is 0.497 e. The van der Waals surface area contributed by atoms with Crippen molar-refractivity contribution in [2.24, 2.45) is 11.3 Å². The van der Waals surface area contributed by atoms with E-state index >= 15 is 0 Å². The van der Waals surface area contributed by atoms with Gasteiger partial charge in [-0.15, -0.1) is 0 Å². The first-order valence-corrected chi connectivity index (χ1v) is 8.56. The molecule has 0 radical (unpaired) electrons. The van der Waals surface area contributed by atoms with Gasteiger partial charge in [-0.25, -0.2) is 0 Å². The highest BCUT2D eigenvalue weighted by atomic mass is 16.5. The Balaban J connectivity index is 1.95. The Bertz CT molecular complexity index is 583. The Morgan fingerprint density at radius 1 is 1.29 bits per heavy atom. The molecule has 1 saturated heterocycles. The van der Waals surface area contributed by atoms with Gasteiger partial charge in [-0.1, -0.05) is 26.0 Å². The number of likely N-dealkylation sites (tertiary alicyclic amines) is 1. The van der Waals surface area contributed by atoms with Crippen LogP contribution in [0.2, 0.25) is 0 Å². The number of amides is 2. The zero-order valence-corrected chi connectivity index (χ0v) is 15.1.